The van der Waals surface area contributed by atoms with Gasteiger partial charge in [0.1, 0.15) is 5.44 Å². The van der Waals surface area contributed by atoms with Gasteiger partial charge in [0, 0.05) is 5.75 Å². The molecule has 0 aromatic rings. The van der Waals surface area contributed by atoms with Crippen molar-refractivity contribution < 1.29 is 15.3 Å². The van der Waals surface area contributed by atoms with Crippen LogP contribution in [0.2, 0.25) is 0 Å². The summed E-state index contributed by atoms with van der Waals surface area (Å²) in [5.74, 6) is 0.438. The number of aliphatic hydroxyl groups is 3. The molecule has 0 aliphatic heterocycles. The van der Waals surface area contributed by atoms with Crippen LogP contribution in [0.15, 0.2) is 0 Å². The molecule has 0 aliphatic rings. The van der Waals surface area contributed by atoms with Gasteiger partial charge in [-0.15, -0.1) is 11.8 Å². The maximum absolute atomic E-state index is 9.14. The summed E-state index contributed by atoms with van der Waals surface area (Å²) in [7, 11) is 0. The molecule has 0 spiro atoms. The molecule has 0 aromatic heterocycles. The van der Waals surface area contributed by atoms with Gasteiger partial charge >= 0.3 is 0 Å². The summed E-state index contributed by atoms with van der Waals surface area (Å²) in [4.78, 5) is 0. The lowest BCUT2D eigenvalue weighted by molar-refractivity contribution is 0.255. The molecule has 11 heavy (non-hydrogen) atoms. The minimum Gasteiger partial charge on any atom is -0.383 e. The van der Waals surface area contributed by atoms with E-state index >= 15 is 0 Å². The third-order valence-electron chi connectivity index (χ3n) is 0.834. The first-order valence-corrected chi connectivity index (χ1v) is 5.32. The Morgan fingerprint density at radius 3 is 2.00 bits per heavy atom. The summed E-state index contributed by atoms with van der Waals surface area (Å²) in [6.45, 7) is 3.24. The molecule has 0 aliphatic carbocycles. The summed E-state index contributed by atoms with van der Waals surface area (Å²) >= 11 is 2.33. The highest BCUT2D eigenvalue weighted by Crippen LogP contribution is 2.19. The van der Waals surface area contributed by atoms with Gasteiger partial charge in [0.05, 0.1) is 10.9 Å². The second-order valence-corrected chi connectivity index (χ2v) is 4.97. The first-order valence-electron chi connectivity index (χ1n) is 3.33. The average molecular weight is 198 g/mol. The number of hydrogen-bond acceptors (Lipinski definition) is 5. The van der Waals surface area contributed by atoms with Crippen molar-refractivity contribution in [2.24, 2.45) is 0 Å². The van der Waals surface area contributed by atoms with Gasteiger partial charge in [0.2, 0.25) is 0 Å². The SMILES string of the molecule is CC(O)SCC(O)SC(C)O. The van der Waals surface area contributed by atoms with Gasteiger partial charge < -0.3 is 15.3 Å². The minimum atomic E-state index is -0.602. The molecule has 0 radical (unpaired) electrons. The van der Waals surface area contributed by atoms with Crippen LogP contribution in [0.4, 0.5) is 0 Å². The predicted molar refractivity (Wildman–Crippen MR) is 49.4 cm³/mol. The molecule has 0 rings (SSSR count). The maximum atomic E-state index is 9.14. The van der Waals surface area contributed by atoms with Crippen molar-refractivity contribution in [3.8, 4) is 0 Å². The molecule has 0 saturated carbocycles. The van der Waals surface area contributed by atoms with Crippen molar-refractivity contribution in [1.82, 2.24) is 0 Å². The lowest BCUT2D eigenvalue weighted by atomic mass is 10.8. The van der Waals surface area contributed by atoms with Crippen LogP contribution in [0.3, 0.4) is 0 Å². The molecule has 0 bridgehead atoms. The largest absolute Gasteiger partial charge is 0.383 e. The summed E-state index contributed by atoms with van der Waals surface area (Å²) < 4.78 is 0. The first-order chi connectivity index (χ1) is 5.02. The van der Waals surface area contributed by atoms with E-state index < -0.39 is 16.3 Å². The van der Waals surface area contributed by atoms with E-state index in [1.807, 2.05) is 0 Å². The zero-order valence-electron chi connectivity index (χ0n) is 6.60. The molecule has 3 atom stereocenters. The van der Waals surface area contributed by atoms with Crippen molar-refractivity contribution in [2.75, 3.05) is 5.75 Å². The van der Waals surface area contributed by atoms with Gasteiger partial charge in [-0.25, -0.2) is 0 Å². The van der Waals surface area contributed by atoms with E-state index in [4.69, 9.17) is 15.3 Å². The van der Waals surface area contributed by atoms with E-state index in [1.165, 1.54) is 11.8 Å². The molecule has 3 N–H and O–H groups in total. The van der Waals surface area contributed by atoms with E-state index in [0.29, 0.717) is 5.75 Å². The molecule has 68 valence electrons. The van der Waals surface area contributed by atoms with Gasteiger partial charge in [0.15, 0.2) is 0 Å². The fraction of sp³-hybridized carbons (Fsp3) is 1.00. The molecule has 3 unspecified atom stereocenters. The highest BCUT2D eigenvalue weighted by molar-refractivity contribution is 8.03. The van der Waals surface area contributed by atoms with Crippen LogP contribution in [0.25, 0.3) is 0 Å². The van der Waals surface area contributed by atoms with Gasteiger partial charge in [0.25, 0.3) is 0 Å². The number of aliphatic hydroxyl groups excluding tert-OH is 3. The van der Waals surface area contributed by atoms with Crippen LogP contribution in [0.1, 0.15) is 13.8 Å². The van der Waals surface area contributed by atoms with Crippen LogP contribution in [0.5, 0.6) is 0 Å². The van der Waals surface area contributed by atoms with Crippen molar-refractivity contribution in [3.63, 3.8) is 0 Å². The van der Waals surface area contributed by atoms with E-state index in [-0.39, 0.29) is 0 Å². The maximum Gasteiger partial charge on any atom is 0.111 e. The van der Waals surface area contributed by atoms with Crippen molar-refractivity contribution in [2.45, 2.75) is 30.2 Å². The molecular weight excluding hydrogens is 184 g/mol. The molecule has 0 aromatic carbocycles. The van der Waals surface area contributed by atoms with Crippen molar-refractivity contribution >= 4 is 23.5 Å². The predicted octanol–water partition coefficient (Wildman–Crippen LogP) is 0.448. The van der Waals surface area contributed by atoms with Crippen molar-refractivity contribution in [3.05, 3.63) is 0 Å². The Morgan fingerprint density at radius 1 is 1.09 bits per heavy atom. The fourth-order valence-corrected chi connectivity index (χ4v) is 1.94. The lowest BCUT2D eigenvalue weighted by Gasteiger charge is -2.12. The number of rotatable bonds is 5. The molecule has 0 fully saturated rings. The Hall–Kier alpha value is 0.580. The standard InChI is InChI=1S/C6H14O3S2/c1-4(7)10-3-6(9)11-5(2)8/h4-9H,3H2,1-2H3. The molecular formula is C6H14O3S2. The van der Waals surface area contributed by atoms with Gasteiger partial charge in [-0.3, -0.25) is 0 Å². The average Bonchev–Trinajstić information content (AvgIpc) is 1.82. The van der Waals surface area contributed by atoms with Crippen LogP contribution in [-0.2, 0) is 0 Å². The first kappa shape index (κ1) is 11.6. The summed E-state index contributed by atoms with van der Waals surface area (Å²) in [5, 5.41) is 26.8. The Bertz CT molecular complexity index is 97.8. The summed E-state index contributed by atoms with van der Waals surface area (Å²) in [5.41, 5.74) is -1.62. The Labute approximate surface area is 75.2 Å². The fourth-order valence-electron chi connectivity index (χ4n) is 0.488. The van der Waals surface area contributed by atoms with Crippen LogP contribution in [0, 0.1) is 0 Å². The zero-order chi connectivity index (χ0) is 8.85. The smallest absolute Gasteiger partial charge is 0.111 e. The van der Waals surface area contributed by atoms with Gasteiger partial charge in [-0.2, -0.15) is 0 Å². The van der Waals surface area contributed by atoms with Crippen LogP contribution >= 0.6 is 23.5 Å². The Kier molecular flexibility index (Phi) is 6.46. The Balaban J connectivity index is 3.29. The van der Waals surface area contributed by atoms with E-state index in [2.05, 4.69) is 0 Å². The highest BCUT2D eigenvalue weighted by atomic mass is 32.2. The quantitative estimate of drug-likeness (QED) is 0.560. The van der Waals surface area contributed by atoms with Crippen LogP contribution in [-0.4, -0.2) is 37.4 Å². The summed E-state index contributed by atoms with van der Waals surface area (Å²) in [6.07, 6.45) is 0. The normalized spacial score (nSPS) is 19.4. The number of thioether (sulfide) groups is 2. The highest BCUT2D eigenvalue weighted by Gasteiger charge is 2.09. The minimum absolute atomic E-state index is 0.438. The molecule has 0 amide bonds. The summed E-state index contributed by atoms with van der Waals surface area (Å²) in [6, 6.07) is 0. The molecule has 3 nitrogen and oxygen atoms in total. The second kappa shape index (κ2) is 6.14. The van der Waals surface area contributed by atoms with E-state index in [9.17, 15) is 0 Å². The second-order valence-electron chi connectivity index (χ2n) is 2.12. The van der Waals surface area contributed by atoms with Gasteiger partial charge in [-0.05, 0) is 13.8 Å². The third kappa shape index (κ3) is 8.49. The van der Waals surface area contributed by atoms with Gasteiger partial charge in [-0.1, -0.05) is 11.8 Å². The third-order valence-corrected chi connectivity index (χ3v) is 2.91. The monoisotopic (exact) mass is 198 g/mol. The van der Waals surface area contributed by atoms with Crippen molar-refractivity contribution in [1.29, 1.82) is 0 Å². The molecule has 5 heteroatoms. The molecule has 0 heterocycles. The zero-order valence-corrected chi connectivity index (χ0v) is 8.23. The Morgan fingerprint density at radius 2 is 1.64 bits per heavy atom. The van der Waals surface area contributed by atoms with E-state index in [0.717, 1.165) is 11.8 Å². The number of hydrogen-bond donors (Lipinski definition) is 3. The topological polar surface area (TPSA) is 60.7 Å². The van der Waals surface area contributed by atoms with E-state index in [1.54, 1.807) is 13.8 Å². The molecule has 0 saturated heterocycles. The lowest BCUT2D eigenvalue weighted by Crippen LogP contribution is -2.11. The van der Waals surface area contributed by atoms with Crippen LogP contribution < -0.4 is 0 Å².